The minimum atomic E-state index is -2.60. The Kier molecular flexibility index (Phi) is 5.75. The molecular weight excluding hydrogens is 350 g/mol. The van der Waals surface area contributed by atoms with Crippen molar-refractivity contribution in [1.29, 1.82) is 0 Å². The SMILES string of the molecule is CCC(C)CNc1ccc(C(=O)N2CCC(O)(CC3CC3(F)F)CC2)cc1. The second-order valence-corrected chi connectivity index (χ2v) is 8.35. The summed E-state index contributed by atoms with van der Waals surface area (Å²) in [6.45, 7) is 6.05. The fraction of sp³-hybridized carbons (Fsp3) is 0.667. The molecule has 0 bridgehead atoms. The Labute approximate surface area is 159 Å². The Morgan fingerprint density at radius 3 is 2.41 bits per heavy atom. The molecular formula is C21H30F2N2O2. The van der Waals surface area contributed by atoms with E-state index < -0.39 is 17.4 Å². The van der Waals surface area contributed by atoms with Crippen LogP contribution in [0.1, 0.15) is 56.3 Å². The summed E-state index contributed by atoms with van der Waals surface area (Å²) >= 11 is 0. The molecule has 1 aliphatic heterocycles. The van der Waals surface area contributed by atoms with Gasteiger partial charge in [0.25, 0.3) is 11.8 Å². The number of halogens is 2. The van der Waals surface area contributed by atoms with Gasteiger partial charge in [0.05, 0.1) is 5.60 Å². The number of amides is 1. The van der Waals surface area contributed by atoms with Gasteiger partial charge in [-0.1, -0.05) is 20.3 Å². The van der Waals surface area contributed by atoms with Crippen molar-refractivity contribution < 1.29 is 18.7 Å². The molecule has 1 aromatic rings. The number of benzene rings is 1. The zero-order valence-electron chi connectivity index (χ0n) is 16.2. The van der Waals surface area contributed by atoms with Gasteiger partial charge in [0.15, 0.2) is 0 Å². The number of hydrogen-bond acceptors (Lipinski definition) is 3. The van der Waals surface area contributed by atoms with Gasteiger partial charge >= 0.3 is 0 Å². The molecule has 4 nitrogen and oxygen atoms in total. The number of carbonyl (C=O) groups is 1. The van der Waals surface area contributed by atoms with Crippen molar-refractivity contribution in [2.75, 3.05) is 25.0 Å². The standard InChI is InChI=1S/C21H30F2N2O2/c1-3-15(2)14-24-18-6-4-16(5-7-18)19(26)25-10-8-20(27,9-11-25)12-17-13-21(17,22)23/h4-7,15,17,24,27H,3,8-14H2,1-2H3. The van der Waals surface area contributed by atoms with Crippen LogP contribution in [0.5, 0.6) is 0 Å². The third kappa shape index (κ3) is 4.98. The Morgan fingerprint density at radius 2 is 1.89 bits per heavy atom. The fourth-order valence-corrected chi connectivity index (χ4v) is 3.63. The molecule has 0 aromatic heterocycles. The normalized spacial score (nSPS) is 24.3. The molecule has 150 valence electrons. The summed E-state index contributed by atoms with van der Waals surface area (Å²) in [4.78, 5) is 14.4. The maximum absolute atomic E-state index is 13.1. The van der Waals surface area contributed by atoms with Crippen LogP contribution in [0, 0.1) is 11.8 Å². The molecule has 6 heteroatoms. The van der Waals surface area contributed by atoms with Gasteiger partial charge < -0.3 is 15.3 Å². The lowest BCUT2D eigenvalue weighted by molar-refractivity contribution is -0.0366. The van der Waals surface area contributed by atoms with E-state index in [1.807, 2.05) is 24.3 Å². The predicted octanol–water partition coefficient (Wildman–Crippen LogP) is 4.16. The molecule has 0 spiro atoms. The summed E-state index contributed by atoms with van der Waals surface area (Å²) in [6, 6.07) is 7.44. The second-order valence-electron chi connectivity index (χ2n) is 8.35. The molecule has 27 heavy (non-hydrogen) atoms. The first kappa shape index (κ1) is 20.1. The van der Waals surface area contributed by atoms with Crippen molar-refractivity contribution in [3.8, 4) is 0 Å². The summed E-state index contributed by atoms with van der Waals surface area (Å²) in [5, 5.41) is 13.9. The lowest BCUT2D eigenvalue weighted by Crippen LogP contribution is -2.47. The lowest BCUT2D eigenvalue weighted by Gasteiger charge is -2.38. The zero-order chi connectivity index (χ0) is 19.7. The lowest BCUT2D eigenvalue weighted by atomic mass is 9.86. The predicted molar refractivity (Wildman–Crippen MR) is 102 cm³/mol. The molecule has 1 aliphatic carbocycles. The summed E-state index contributed by atoms with van der Waals surface area (Å²) in [7, 11) is 0. The molecule has 2 unspecified atom stereocenters. The van der Waals surface area contributed by atoms with Crippen molar-refractivity contribution in [3.63, 3.8) is 0 Å². The smallest absolute Gasteiger partial charge is 0.253 e. The molecule has 0 radical (unpaired) electrons. The van der Waals surface area contributed by atoms with E-state index in [-0.39, 0.29) is 18.7 Å². The Morgan fingerprint density at radius 1 is 1.30 bits per heavy atom. The van der Waals surface area contributed by atoms with E-state index in [0.717, 1.165) is 18.7 Å². The van der Waals surface area contributed by atoms with Gasteiger partial charge in [-0.05, 0) is 49.4 Å². The number of nitrogens with one attached hydrogen (secondary N) is 1. The van der Waals surface area contributed by atoms with E-state index in [1.54, 1.807) is 4.90 Å². The second kappa shape index (κ2) is 7.74. The van der Waals surface area contributed by atoms with Crippen molar-refractivity contribution in [2.45, 2.75) is 57.5 Å². The Bertz CT molecular complexity index is 655. The van der Waals surface area contributed by atoms with Crippen LogP contribution in [0.25, 0.3) is 0 Å². The fourth-order valence-electron chi connectivity index (χ4n) is 3.63. The average Bonchev–Trinajstić information content (AvgIpc) is 3.25. The first-order valence-corrected chi connectivity index (χ1v) is 9.96. The third-order valence-corrected chi connectivity index (χ3v) is 6.05. The molecule has 1 aromatic carbocycles. The molecule has 2 fully saturated rings. The van der Waals surface area contributed by atoms with Crippen LogP contribution in [0.4, 0.5) is 14.5 Å². The van der Waals surface area contributed by atoms with Gasteiger partial charge in [-0.2, -0.15) is 0 Å². The van der Waals surface area contributed by atoms with Crippen LogP contribution >= 0.6 is 0 Å². The van der Waals surface area contributed by atoms with Gasteiger partial charge in [0, 0.05) is 43.2 Å². The minimum Gasteiger partial charge on any atom is -0.390 e. The van der Waals surface area contributed by atoms with Crippen LogP contribution in [0.2, 0.25) is 0 Å². The highest BCUT2D eigenvalue weighted by atomic mass is 19.3. The maximum atomic E-state index is 13.1. The number of carbonyl (C=O) groups excluding carboxylic acids is 1. The van der Waals surface area contributed by atoms with Crippen LogP contribution in [0.15, 0.2) is 24.3 Å². The van der Waals surface area contributed by atoms with E-state index in [1.165, 1.54) is 0 Å². The zero-order valence-corrected chi connectivity index (χ0v) is 16.2. The summed E-state index contributed by atoms with van der Waals surface area (Å²) < 4.78 is 26.2. The van der Waals surface area contributed by atoms with E-state index in [2.05, 4.69) is 19.2 Å². The molecule has 1 heterocycles. The largest absolute Gasteiger partial charge is 0.390 e. The Balaban J connectivity index is 1.50. The number of alkyl halides is 2. The number of rotatable bonds is 7. The van der Waals surface area contributed by atoms with Crippen LogP contribution in [-0.4, -0.2) is 47.1 Å². The number of piperidine rings is 1. The molecule has 2 aliphatic rings. The number of likely N-dealkylation sites (tertiary alicyclic amines) is 1. The van der Waals surface area contributed by atoms with E-state index in [4.69, 9.17) is 0 Å². The van der Waals surface area contributed by atoms with Crippen LogP contribution in [-0.2, 0) is 0 Å². The van der Waals surface area contributed by atoms with Gasteiger partial charge in [0.1, 0.15) is 0 Å². The first-order valence-electron chi connectivity index (χ1n) is 9.96. The monoisotopic (exact) mass is 380 g/mol. The Hall–Kier alpha value is -1.69. The summed E-state index contributed by atoms with van der Waals surface area (Å²) in [5.41, 5.74) is 0.541. The van der Waals surface area contributed by atoms with Gasteiger partial charge in [0.2, 0.25) is 0 Å². The summed E-state index contributed by atoms with van der Waals surface area (Å²) in [6.07, 6.45) is 1.86. The third-order valence-electron chi connectivity index (χ3n) is 6.05. The topological polar surface area (TPSA) is 52.6 Å². The van der Waals surface area contributed by atoms with Gasteiger partial charge in [-0.3, -0.25) is 4.79 Å². The quantitative estimate of drug-likeness (QED) is 0.747. The number of anilines is 1. The molecule has 2 atom stereocenters. The maximum Gasteiger partial charge on any atom is 0.253 e. The molecule has 1 saturated carbocycles. The number of hydrogen-bond donors (Lipinski definition) is 2. The minimum absolute atomic E-state index is 0.0673. The first-order chi connectivity index (χ1) is 12.7. The van der Waals surface area contributed by atoms with E-state index in [9.17, 15) is 18.7 Å². The van der Waals surface area contributed by atoms with Crippen molar-refractivity contribution in [3.05, 3.63) is 29.8 Å². The molecule has 3 rings (SSSR count). The highest BCUT2D eigenvalue weighted by Crippen LogP contribution is 2.53. The van der Waals surface area contributed by atoms with Crippen molar-refractivity contribution in [1.82, 2.24) is 4.90 Å². The van der Waals surface area contributed by atoms with Crippen LogP contribution in [0.3, 0.4) is 0 Å². The molecule has 2 N–H and O–H groups in total. The molecule has 1 amide bonds. The number of aliphatic hydroxyl groups is 1. The highest BCUT2D eigenvalue weighted by Gasteiger charge is 2.59. The van der Waals surface area contributed by atoms with E-state index >= 15 is 0 Å². The molecule has 1 saturated heterocycles. The van der Waals surface area contributed by atoms with E-state index in [0.29, 0.717) is 37.4 Å². The van der Waals surface area contributed by atoms with Gasteiger partial charge in [-0.15, -0.1) is 0 Å². The van der Waals surface area contributed by atoms with Gasteiger partial charge in [-0.25, -0.2) is 8.78 Å². The highest BCUT2D eigenvalue weighted by molar-refractivity contribution is 5.94. The summed E-state index contributed by atoms with van der Waals surface area (Å²) in [5.74, 6) is -2.77. The van der Waals surface area contributed by atoms with Crippen molar-refractivity contribution in [2.24, 2.45) is 11.8 Å². The number of nitrogens with zero attached hydrogens (tertiary/aromatic N) is 1. The van der Waals surface area contributed by atoms with Crippen molar-refractivity contribution >= 4 is 11.6 Å². The van der Waals surface area contributed by atoms with Crippen LogP contribution < -0.4 is 5.32 Å². The average molecular weight is 380 g/mol.